The molecular formula is C14H24N4O2. The van der Waals surface area contributed by atoms with Gasteiger partial charge in [0.15, 0.2) is 0 Å². The molecule has 0 unspecified atom stereocenters. The highest BCUT2D eigenvalue weighted by molar-refractivity contribution is 5.34. The van der Waals surface area contributed by atoms with E-state index in [9.17, 15) is 0 Å². The fourth-order valence-corrected chi connectivity index (χ4v) is 1.93. The first-order chi connectivity index (χ1) is 9.34. The molecule has 2 rings (SSSR count). The van der Waals surface area contributed by atoms with Crippen molar-refractivity contribution in [1.82, 2.24) is 19.9 Å². The van der Waals surface area contributed by atoms with Gasteiger partial charge >= 0.3 is 0 Å². The zero-order valence-electron chi connectivity index (χ0n) is 13.6. The van der Waals surface area contributed by atoms with Crippen LogP contribution in [0.5, 0.6) is 0 Å². The monoisotopic (exact) mass is 280 g/mol. The average molecular weight is 280 g/mol. The van der Waals surface area contributed by atoms with Crippen LogP contribution in [0.25, 0.3) is 0 Å². The number of aryl methyl sites for hydroxylation is 1. The highest BCUT2D eigenvalue weighted by atomic mass is 16.7. The van der Waals surface area contributed by atoms with Crippen molar-refractivity contribution in [3.05, 3.63) is 33.9 Å². The van der Waals surface area contributed by atoms with E-state index in [4.69, 9.17) is 9.68 Å². The third-order valence-electron chi connectivity index (χ3n) is 3.70. The third-order valence-corrected chi connectivity index (χ3v) is 3.70. The van der Waals surface area contributed by atoms with Crippen LogP contribution in [0, 0.1) is 41.5 Å². The first-order valence-corrected chi connectivity index (χ1v) is 6.48. The summed E-state index contributed by atoms with van der Waals surface area (Å²) in [5, 5.41) is 7.45. The Morgan fingerprint density at radius 1 is 0.750 bits per heavy atom. The van der Waals surface area contributed by atoms with Gasteiger partial charge in [-0.2, -0.15) is 4.73 Å². The van der Waals surface area contributed by atoms with Crippen LogP contribution in [-0.2, 0) is 0 Å². The molecule has 0 amide bonds. The summed E-state index contributed by atoms with van der Waals surface area (Å²) in [5.74, 6) is 0. The van der Waals surface area contributed by atoms with Gasteiger partial charge in [0.05, 0.1) is 17.1 Å². The van der Waals surface area contributed by atoms with Crippen molar-refractivity contribution in [2.75, 3.05) is 14.2 Å². The first kappa shape index (κ1) is 16.1. The maximum atomic E-state index is 5.19. The molecule has 0 N–H and O–H groups in total. The lowest BCUT2D eigenvalue weighted by Gasteiger charge is -2.05. The van der Waals surface area contributed by atoms with Gasteiger partial charge in [-0.25, -0.2) is 0 Å². The van der Waals surface area contributed by atoms with Gasteiger partial charge in [-0.05, 0) is 57.9 Å². The van der Waals surface area contributed by atoms with E-state index in [0.29, 0.717) is 0 Å². The minimum atomic E-state index is 0.900. The standard InChI is InChI=1S/C9H15NO.C5H9N3O/c1-6-7(2)9(4)10(11-5)8(6)3;1-4-5(2)8(9-3)7-6-4/h1-5H3;1-3H3. The zero-order chi connectivity index (χ0) is 15.4. The molecule has 0 atom stereocenters. The Hall–Kier alpha value is -1.98. The Balaban J connectivity index is 0.000000204. The largest absolute Gasteiger partial charge is 0.417 e. The fourth-order valence-electron chi connectivity index (χ4n) is 1.93. The fraction of sp³-hybridized carbons (Fsp3) is 0.571. The van der Waals surface area contributed by atoms with E-state index in [1.807, 2.05) is 18.6 Å². The lowest BCUT2D eigenvalue weighted by atomic mass is 10.2. The maximum Gasteiger partial charge on any atom is 0.106 e. The second-order valence-corrected chi connectivity index (χ2v) is 4.71. The van der Waals surface area contributed by atoms with Gasteiger partial charge < -0.3 is 9.68 Å². The summed E-state index contributed by atoms with van der Waals surface area (Å²) in [6, 6.07) is 0. The third kappa shape index (κ3) is 2.95. The zero-order valence-corrected chi connectivity index (χ0v) is 13.6. The molecule has 0 aliphatic heterocycles. The molecule has 20 heavy (non-hydrogen) atoms. The minimum Gasteiger partial charge on any atom is -0.417 e. The molecule has 6 nitrogen and oxygen atoms in total. The van der Waals surface area contributed by atoms with Crippen LogP contribution in [0.3, 0.4) is 0 Å². The van der Waals surface area contributed by atoms with Gasteiger partial charge in [0.25, 0.3) is 0 Å². The van der Waals surface area contributed by atoms with E-state index in [1.54, 1.807) is 14.2 Å². The lowest BCUT2D eigenvalue weighted by molar-refractivity contribution is 0.123. The van der Waals surface area contributed by atoms with Crippen LogP contribution in [-0.4, -0.2) is 34.1 Å². The van der Waals surface area contributed by atoms with Crippen molar-refractivity contribution in [3.63, 3.8) is 0 Å². The van der Waals surface area contributed by atoms with Crippen LogP contribution in [0.1, 0.15) is 33.9 Å². The molecular weight excluding hydrogens is 256 g/mol. The summed E-state index contributed by atoms with van der Waals surface area (Å²) in [4.78, 5) is 11.4. The highest BCUT2D eigenvalue weighted by Crippen LogP contribution is 2.18. The Kier molecular flexibility index (Phi) is 5.19. The molecule has 0 spiro atoms. The second-order valence-electron chi connectivity index (χ2n) is 4.71. The van der Waals surface area contributed by atoms with E-state index in [0.717, 1.165) is 11.4 Å². The number of hydrogen-bond donors (Lipinski definition) is 0. The summed E-state index contributed by atoms with van der Waals surface area (Å²) >= 11 is 0. The first-order valence-electron chi connectivity index (χ1n) is 6.48. The molecule has 0 aliphatic rings. The Labute approximate surface area is 120 Å². The van der Waals surface area contributed by atoms with E-state index in [-0.39, 0.29) is 0 Å². The normalized spacial score (nSPS) is 10.0. The maximum absolute atomic E-state index is 5.19. The van der Waals surface area contributed by atoms with Crippen LogP contribution in [0.2, 0.25) is 0 Å². The predicted octanol–water partition coefficient (Wildman–Crippen LogP) is 1.73. The van der Waals surface area contributed by atoms with Crippen LogP contribution in [0.4, 0.5) is 0 Å². The summed E-state index contributed by atoms with van der Waals surface area (Å²) in [6.07, 6.45) is 0. The van der Waals surface area contributed by atoms with Gasteiger partial charge in [-0.3, -0.25) is 0 Å². The predicted molar refractivity (Wildman–Crippen MR) is 77.9 cm³/mol. The molecule has 6 heteroatoms. The van der Waals surface area contributed by atoms with E-state index >= 15 is 0 Å². The van der Waals surface area contributed by atoms with Gasteiger partial charge in [0, 0.05) is 0 Å². The molecule has 0 radical (unpaired) electrons. The second kappa shape index (κ2) is 6.45. The summed E-state index contributed by atoms with van der Waals surface area (Å²) < 4.78 is 1.87. The number of rotatable bonds is 2. The van der Waals surface area contributed by atoms with Crippen molar-refractivity contribution in [2.24, 2.45) is 0 Å². The Bertz CT molecular complexity index is 559. The van der Waals surface area contributed by atoms with E-state index in [2.05, 4.69) is 38.0 Å². The molecule has 2 aromatic heterocycles. The van der Waals surface area contributed by atoms with Crippen LogP contribution < -0.4 is 9.68 Å². The number of nitrogens with zero attached hydrogens (tertiary/aromatic N) is 4. The smallest absolute Gasteiger partial charge is 0.106 e. The van der Waals surface area contributed by atoms with Crippen LogP contribution >= 0.6 is 0 Å². The van der Waals surface area contributed by atoms with Crippen molar-refractivity contribution in [3.8, 4) is 0 Å². The minimum absolute atomic E-state index is 0.900. The highest BCUT2D eigenvalue weighted by Gasteiger charge is 2.09. The van der Waals surface area contributed by atoms with Gasteiger partial charge in [0.1, 0.15) is 19.9 Å². The summed E-state index contributed by atoms with van der Waals surface area (Å²) in [5.41, 5.74) is 6.88. The van der Waals surface area contributed by atoms with Crippen molar-refractivity contribution < 1.29 is 9.68 Å². The molecule has 0 saturated carbocycles. The Morgan fingerprint density at radius 3 is 1.45 bits per heavy atom. The summed E-state index contributed by atoms with van der Waals surface area (Å²) in [6.45, 7) is 12.2. The average Bonchev–Trinajstić information content (AvgIpc) is 2.85. The molecule has 0 bridgehead atoms. The Morgan fingerprint density at radius 2 is 1.25 bits per heavy atom. The van der Waals surface area contributed by atoms with Gasteiger partial charge in [0.2, 0.25) is 0 Å². The molecule has 0 saturated heterocycles. The van der Waals surface area contributed by atoms with Crippen LogP contribution in [0.15, 0.2) is 0 Å². The van der Waals surface area contributed by atoms with Gasteiger partial charge in [-0.1, -0.05) is 4.85 Å². The van der Waals surface area contributed by atoms with E-state index in [1.165, 1.54) is 27.4 Å². The van der Waals surface area contributed by atoms with Crippen molar-refractivity contribution in [1.29, 1.82) is 0 Å². The quantitative estimate of drug-likeness (QED) is 0.840. The SMILES string of the molecule is COn1c(C)c(C)c(C)c1C.COn1nnc(C)c1C. The summed E-state index contributed by atoms with van der Waals surface area (Å²) in [7, 11) is 3.25. The lowest BCUT2D eigenvalue weighted by Crippen LogP contribution is -2.09. The number of aromatic nitrogens is 4. The van der Waals surface area contributed by atoms with Gasteiger partial charge in [-0.15, -0.1) is 5.10 Å². The molecule has 2 heterocycles. The topological polar surface area (TPSA) is 54.1 Å². The molecule has 112 valence electrons. The molecule has 2 aromatic rings. The van der Waals surface area contributed by atoms with Crippen molar-refractivity contribution in [2.45, 2.75) is 41.5 Å². The molecule has 0 aromatic carbocycles. The molecule has 0 aliphatic carbocycles. The number of hydrogen-bond acceptors (Lipinski definition) is 4. The molecule has 0 fully saturated rings. The van der Waals surface area contributed by atoms with E-state index < -0.39 is 0 Å². The van der Waals surface area contributed by atoms with Crippen molar-refractivity contribution >= 4 is 0 Å².